The fourth-order valence-corrected chi connectivity index (χ4v) is 3.08. The topological polar surface area (TPSA) is 79.6 Å². The van der Waals surface area contributed by atoms with Crippen LogP contribution in [0.2, 0.25) is 0 Å². The second kappa shape index (κ2) is 6.98. The summed E-state index contributed by atoms with van der Waals surface area (Å²) in [5.41, 5.74) is 0.758. The van der Waals surface area contributed by atoms with Crippen LogP contribution in [0.1, 0.15) is 32.5 Å². The van der Waals surface area contributed by atoms with Crippen molar-refractivity contribution in [1.29, 1.82) is 0 Å². The first-order valence-electron chi connectivity index (χ1n) is 8.41. The predicted octanol–water partition coefficient (Wildman–Crippen LogP) is 1.24. The van der Waals surface area contributed by atoms with Crippen LogP contribution >= 0.6 is 0 Å². The molecule has 1 fully saturated rings. The summed E-state index contributed by atoms with van der Waals surface area (Å²) in [4.78, 5) is 26.4. The maximum atomic E-state index is 12.5. The number of carbonyl (C=O) groups excluding carboxylic acids is 2. The number of rotatable bonds is 4. The molecule has 0 saturated carbocycles. The fourth-order valence-electron chi connectivity index (χ4n) is 3.08. The lowest BCUT2D eigenvalue weighted by Crippen LogP contribution is -2.46. The summed E-state index contributed by atoms with van der Waals surface area (Å²) < 4.78 is 1.86. The molecule has 1 aliphatic heterocycles. The molecule has 1 aliphatic rings. The molecule has 0 bridgehead atoms. The van der Waals surface area contributed by atoms with Gasteiger partial charge in [0.1, 0.15) is 0 Å². The van der Waals surface area contributed by atoms with Crippen LogP contribution < -0.4 is 5.32 Å². The van der Waals surface area contributed by atoms with Gasteiger partial charge in [0.05, 0.1) is 12.5 Å². The number of hydrogen-bond acceptors (Lipinski definition) is 4. The fraction of sp³-hybridized carbons (Fsp3) is 0.529. The van der Waals surface area contributed by atoms with Gasteiger partial charge >= 0.3 is 0 Å². The molecule has 1 unspecified atom stereocenters. The molecule has 2 aromatic rings. The quantitative estimate of drug-likeness (QED) is 0.915. The zero-order valence-electron chi connectivity index (χ0n) is 14.1. The molecule has 7 nitrogen and oxygen atoms in total. The predicted molar refractivity (Wildman–Crippen MR) is 89.0 cm³/mol. The molecule has 7 heteroatoms. The number of pyridine rings is 1. The first-order chi connectivity index (χ1) is 11.6. The lowest BCUT2D eigenvalue weighted by molar-refractivity contribution is -0.138. The summed E-state index contributed by atoms with van der Waals surface area (Å²) in [5.74, 6) is 0.611. The third kappa shape index (κ3) is 3.39. The van der Waals surface area contributed by atoms with E-state index < -0.39 is 0 Å². The number of nitrogens with one attached hydrogen (secondary N) is 1. The van der Waals surface area contributed by atoms with E-state index in [0.29, 0.717) is 18.9 Å². The summed E-state index contributed by atoms with van der Waals surface area (Å²) in [6.07, 6.45) is 3.55. The zero-order chi connectivity index (χ0) is 17.1. The van der Waals surface area contributed by atoms with E-state index in [1.54, 1.807) is 0 Å². The Kier molecular flexibility index (Phi) is 4.78. The van der Waals surface area contributed by atoms with E-state index >= 15 is 0 Å². The molecule has 3 rings (SSSR count). The van der Waals surface area contributed by atoms with E-state index in [0.717, 1.165) is 25.0 Å². The maximum absolute atomic E-state index is 12.5. The van der Waals surface area contributed by atoms with Crippen molar-refractivity contribution >= 4 is 17.5 Å². The monoisotopic (exact) mass is 329 g/mol. The van der Waals surface area contributed by atoms with Crippen LogP contribution in [0, 0.1) is 11.8 Å². The molecule has 2 amide bonds. The average molecular weight is 329 g/mol. The van der Waals surface area contributed by atoms with Crippen LogP contribution in [-0.2, 0) is 16.1 Å². The number of amides is 2. The van der Waals surface area contributed by atoms with Gasteiger partial charge in [0.2, 0.25) is 11.8 Å². The lowest BCUT2D eigenvalue weighted by atomic mass is 9.96. The molecule has 128 valence electrons. The minimum absolute atomic E-state index is 0.0241. The number of piperidine rings is 1. The number of fused-ring (bicyclic) bond motifs is 1. The first kappa shape index (κ1) is 16.4. The van der Waals surface area contributed by atoms with Crippen LogP contribution in [0.4, 0.5) is 0 Å². The standard InChI is InChI=1S/C17H23N5O2/c1-12(2)17(24)21-8-5-6-13(11-21)16(23)18-10-15-20-19-14-7-3-4-9-22(14)15/h3-4,7,9,12-13H,5-6,8,10-11H2,1-2H3,(H,18,23). The molecule has 2 aromatic heterocycles. The molecule has 24 heavy (non-hydrogen) atoms. The highest BCUT2D eigenvalue weighted by molar-refractivity contribution is 5.82. The molecular formula is C17H23N5O2. The van der Waals surface area contributed by atoms with E-state index in [-0.39, 0.29) is 23.7 Å². The van der Waals surface area contributed by atoms with Crippen molar-refractivity contribution in [3.63, 3.8) is 0 Å². The smallest absolute Gasteiger partial charge is 0.225 e. The van der Waals surface area contributed by atoms with Gasteiger partial charge in [0.15, 0.2) is 11.5 Å². The Balaban J connectivity index is 1.59. The van der Waals surface area contributed by atoms with Crippen molar-refractivity contribution in [3.8, 4) is 0 Å². The van der Waals surface area contributed by atoms with Crippen LogP contribution in [0.5, 0.6) is 0 Å². The number of aromatic nitrogens is 3. The second-order valence-electron chi connectivity index (χ2n) is 6.54. The highest BCUT2D eigenvalue weighted by Crippen LogP contribution is 2.18. The third-order valence-electron chi connectivity index (χ3n) is 4.40. The normalized spacial score (nSPS) is 18.1. The largest absolute Gasteiger partial charge is 0.348 e. The van der Waals surface area contributed by atoms with Gasteiger partial charge in [0.25, 0.3) is 0 Å². The summed E-state index contributed by atoms with van der Waals surface area (Å²) in [5, 5.41) is 11.1. The summed E-state index contributed by atoms with van der Waals surface area (Å²) in [6, 6.07) is 5.67. The summed E-state index contributed by atoms with van der Waals surface area (Å²) >= 11 is 0. The zero-order valence-corrected chi connectivity index (χ0v) is 14.1. The van der Waals surface area contributed by atoms with E-state index in [9.17, 15) is 9.59 Å². The highest BCUT2D eigenvalue weighted by atomic mass is 16.2. The van der Waals surface area contributed by atoms with Crippen LogP contribution in [0.25, 0.3) is 5.65 Å². The molecule has 0 spiro atoms. The van der Waals surface area contributed by atoms with Crippen LogP contribution in [-0.4, -0.2) is 44.4 Å². The van der Waals surface area contributed by atoms with Crippen molar-refractivity contribution in [2.45, 2.75) is 33.2 Å². The summed E-state index contributed by atoms with van der Waals surface area (Å²) in [6.45, 7) is 5.36. The number of likely N-dealkylation sites (tertiary alicyclic amines) is 1. The molecule has 3 heterocycles. The van der Waals surface area contributed by atoms with Crippen molar-refractivity contribution in [2.24, 2.45) is 11.8 Å². The minimum atomic E-state index is -0.152. The number of nitrogens with zero attached hydrogens (tertiary/aromatic N) is 4. The van der Waals surface area contributed by atoms with Gasteiger partial charge in [-0.1, -0.05) is 19.9 Å². The van der Waals surface area contributed by atoms with Crippen molar-refractivity contribution < 1.29 is 9.59 Å². The van der Waals surface area contributed by atoms with Crippen LogP contribution in [0.3, 0.4) is 0 Å². The number of carbonyl (C=O) groups is 2. The second-order valence-corrected chi connectivity index (χ2v) is 6.54. The Morgan fingerprint density at radius 2 is 2.17 bits per heavy atom. The Morgan fingerprint density at radius 3 is 2.96 bits per heavy atom. The molecule has 0 aromatic carbocycles. The van der Waals surface area contributed by atoms with Gasteiger partial charge in [-0.3, -0.25) is 14.0 Å². The molecule has 1 atom stereocenters. The molecular weight excluding hydrogens is 306 g/mol. The van der Waals surface area contributed by atoms with Crippen molar-refractivity contribution in [3.05, 3.63) is 30.2 Å². The molecule has 1 saturated heterocycles. The minimum Gasteiger partial charge on any atom is -0.348 e. The molecule has 1 N–H and O–H groups in total. The Labute approximate surface area is 141 Å². The van der Waals surface area contributed by atoms with E-state index in [1.807, 2.05) is 47.5 Å². The molecule has 0 radical (unpaired) electrons. The maximum Gasteiger partial charge on any atom is 0.225 e. The average Bonchev–Trinajstić information content (AvgIpc) is 3.02. The summed E-state index contributed by atoms with van der Waals surface area (Å²) in [7, 11) is 0. The first-order valence-corrected chi connectivity index (χ1v) is 8.41. The Morgan fingerprint density at radius 1 is 1.33 bits per heavy atom. The van der Waals surface area contributed by atoms with Gasteiger partial charge in [-0.25, -0.2) is 0 Å². The van der Waals surface area contributed by atoms with E-state index in [4.69, 9.17) is 0 Å². The Bertz CT molecular complexity index is 739. The van der Waals surface area contributed by atoms with E-state index in [1.165, 1.54) is 0 Å². The van der Waals surface area contributed by atoms with Crippen LogP contribution in [0.15, 0.2) is 24.4 Å². The van der Waals surface area contributed by atoms with Gasteiger partial charge in [-0.2, -0.15) is 0 Å². The van der Waals surface area contributed by atoms with Gasteiger partial charge < -0.3 is 10.2 Å². The molecule has 0 aliphatic carbocycles. The van der Waals surface area contributed by atoms with Crippen molar-refractivity contribution in [1.82, 2.24) is 24.8 Å². The van der Waals surface area contributed by atoms with Gasteiger partial charge in [-0.05, 0) is 25.0 Å². The number of hydrogen-bond donors (Lipinski definition) is 1. The van der Waals surface area contributed by atoms with E-state index in [2.05, 4.69) is 15.5 Å². The van der Waals surface area contributed by atoms with Gasteiger partial charge in [-0.15, -0.1) is 10.2 Å². The van der Waals surface area contributed by atoms with Gasteiger partial charge in [0, 0.05) is 25.2 Å². The highest BCUT2D eigenvalue weighted by Gasteiger charge is 2.29. The third-order valence-corrected chi connectivity index (χ3v) is 4.40. The lowest BCUT2D eigenvalue weighted by Gasteiger charge is -2.33. The van der Waals surface area contributed by atoms with Crippen molar-refractivity contribution in [2.75, 3.05) is 13.1 Å². The Hall–Kier alpha value is -2.44. The SMILES string of the molecule is CC(C)C(=O)N1CCCC(C(=O)NCc2nnc3ccccn23)C1.